The summed E-state index contributed by atoms with van der Waals surface area (Å²) in [5.41, 5.74) is 1.61. The van der Waals surface area contributed by atoms with Crippen molar-refractivity contribution in [3.63, 3.8) is 0 Å². The first-order valence-corrected chi connectivity index (χ1v) is 10.2. The number of carbonyl (C=O) groups is 1. The average molecular weight is 394 g/mol. The predicted octanol–water partition coefficient (Wildman–Crippen LogP) is 2.47. The van der Waals surface area contributed by atoms with E-state index in [-0.39, 0.29) is 30.9 Å². The smallest absolute Gasteiger partial charge is 0.258 e. The summed E-state index contributed by atoms with van der Waals surface area (Å²) in [6, 6.07) is 12.5. The van der Waals surface area contributed by atoms with E-state index >= 15 is 0 Å². The van der Waals surface area contributed by atoms with Gasteiger partial charge in [-0.15, -0.1) is 0 Å². The first kappa shape index (κ1) is 20.9. The van der Waals surface area contributed by atoms with Crippen LogP contribution < -0.4 is 10.1 Å². The lowest BCUT2D eigenvalue weighted by molar-refractivity contribution is -0.123. The van der Waals surface area contributed by atoms with Crippen molar-refractivity contribution in [2.75, 3.05) is 19.9 Å². The Morgan fingerprint density at radius 2 is 1.74 bits per heavy atom. The van der Waals surface area contributed by atoms with E-state index in [1.54, 1.807) is 43.3 Å². The number of nitrogens with zero attached hydrogens (tertiary/aromatic N) is 1. The van der Waals surface area contributed by atoms with Crippen LogP contribution in [0, 0.1) is 5.82 Å². The van der Waals surface area contributed by atoms with Crippen molar-refractivity contribution in [1.82, 2.24) is 9.62 Å². The van der Waals surface area contributed by atoms with Crippen molar-refractivity contribution in [2.24, 2.45) is 0 Å². The third-order valence-electron chi connectivity index (χ3n) is 4.01. The number of halogens is 1. The highest BCUT2D eigenvalue weighted by Crippen LogP contribution is 2.15. The molecule has 0 radical (unpaired) electrons. The number of hydrogen-bond acceptors (Lipinski definition) is 4. The van der Waals surface area contributed by atoms with E-state index in [1.165, 1.54) is 23.5 Å². The van der Waals surface area contributed by atoms with Crippen LogP contribution in [0.5, 0.6) is 5.75 Å². The minimum atomic E-state index is -3.24. The second-order valence-electron chi connectivity index (χ2n) is 6.29. The molecule has 6 nitrogen and oxygen atoms in total. The van der Waals surface area contributed by atoms with E-state index in [0.717, 1.165) is 17.4 Å². The fourth-order valence-electron chi connectivity index (χ4n) is 2.33. The molecule has 0 aliphatic rings. The molecule has 0 aliphatic heterocycles. The van der Waals surface area contributed by atoms with Crippen LogP contribution >= 0.6 is 0 Å². The highest BCUT2D eigenvalue weighted by atomic mass is 32.2. The molecule has 146 valence electrons. The fourth-order valence-corrected chi connectivity index (χ4v) is 2.72. The second kappa shape index (κ2) is 8.96. The Labute approximate surface area is 159 Å². The molecule has 27 heavy (non-hydrogen) atoms. The largest absolute Gasteiger partial charge is 0.484 e. The summed E-state index contributed by atoms with van der Waals surface area (Å²) in [6.45, 7) is 1.90. The summed E-state index contributed by atoms with van der Waals surface area (Å²) < 4.78 is 42.5. The van der Waals surface area contributed by atoms with Crippen molar-refractivity contribution >= 4 is 15.9 Å². The Morgan fingerprint density at radius 1 is 1.15 bits per heavy atom. The van der Waals surface area contributed by atoms with Crippen LogP contribution in [0.25, 0.3) is 0 Å². The van der Waals surface area contributed by atoms with Gasteiger partial charge in [0.15, 0.2) is 6.61 Å². The lowest BCUT2D eigenvalue weighted by Gasteiger charge is -2.15. The first-order valence-electron chi connectivity index (χ1n) is 8.33. The standard InChI is InChI=1S/C19H23FN2O4S/c1-14(16-6-8-17(20)9-7-16)21-19(23)13-26-18-10-4-15(5-11-18)12-22(2)27(3,24)25/h4-11,14H,12-13H2,1-3H3,(H,21,23)/t14-/m0/s1. The normalized spacial score (nSPS) is 12.6. The Kier molecular flexibility index (Phi) is 6.92. The summed E-state index contributed by atoms with van der Waals surface area (Å²) in [6.07, 6.45) is 1.15. The highest BCUT2D eigenvalue weighted by Gasteiger charge is 2.12. The molecule has 0 bridgehead atoms. The van der Waals surface area contributed by atoms with Crippen molar-refractivity contribution < 1.29 is 22.3 Å². The molecule has 0 fully saturated rings. The number of hydrogen-bond donors (Lipinski definition) is 1. The fraction of sp³-hybridized carbons (Fsp3) is 0.316. The molecule has 0 aliphatic carbocycles. The molecular formula is C19H23FN2O4S. The Balaban J connectivity index is 1.83. The molecule has 2 aromatic rings. The Bertz CT molecular complexity index is 868. The van der Waals surface area contributed by atoms with Gasteiger partial charge in [-0.3, -0.25) is 4.79 Å². The average Bonchev–Trinajstić information content (AvgIpc) is 2.61. The molecule has 1 N–H and O–H groups in total. The van der Waals surface area contributed by atoms with Crippen LogP contribution in [0.4, 0.5) is 4.39 Å². The zero-order valence-corrected chi connectivity index (χ0v) is 16.3. The molecule has 0 spiro atoms. The van der Waals surface area contributed by atoms with Gasteiger partial charge in [-0.25, -0.2) is 17.1 Å². The quantitative estimate of drug-likeness (QED) is 0.746. The monoisotopic (exact) mass is 394 g/mol. The van der Waals surface area contributed by atoms with Gasteiger partial charge in [-0.2, -0.15) is 0 Å². The number of rotatable bonds is 8. The van der Waals surface area contributed by atoms with Gasteiger partial charge in [-0.1, -0.05) is 24.3 Å². The Hall–Kier alpha value is -2.45. The number of sulfonamides is 1. The molecule has 0 unspecified atom stereocenters. The molecule has 0 aromatic heterocycles. The molecule has 2 aromatic carbocycles. The van der Waals surface area contributed by atoms with Crippen LogP contribution in [0.2, 0.25) is 0 Å². The van der Waals surface area contributed by atoms with Crippen molar-refractivity contribution in [3.05, 3.63) is 65.5 Å². The molecule has 2 rings (SSSR count). The van der Waals surface area contributed by atoms with Gasteiger partial charge >= 0.3 is 0 Å². The lowest BCUT2D eigenvalue weighted by Crippen LogP contribution is -2.31. The predicted molar refractivity (Wildman–Crippen MR) is 101 cm³/mol. The van der Waals surface area contributed by atoms with Crippen LogP contribution in [-0.4, -0.2) is 38.5 Å². The van der Waals surface area contributed by atoms with E-state index in [2.05, 4.69) is 5.32 Å². The van der Waals surface area contributed by atoms with Gasteiger partial charge in [0.2, 0.25) is 10.0 Å². The first-order chi connectivity index (χ1) is 12.6. The van der Waals surface area contributed by atoms with E-state index < -0.39 is 10.0 Å². The van der Waals surface area contributed by atoms with Crippen LogP contribution in [0.15, 0.2) is 48.5 Å². The van der Waals surface area contributed by atoms with Gasteiger partial charge in [0.1, 0.15) is 11.6 Å². The maximum atomic E-state index is 12.9. The minimum Gasteiger partial charge on any atom is -0.484 e. The van der Waals surface area contributed by atoms with Crippen LogP contribution in [0.1, 0.15) is 24.1 Å². The number of ether oxygens (including phenoxy) is 1. The van der Waals surface area contributed by atoms with E-state index in [4.69, 9.17) is 4.74 Å². The zero-order valence-electron chi connectivity index (χ0n) is 15.5. The summed E-state index contributed by atoms with van der Waals surface area (Å²) in [5, 5.41) is 2.78. The summed E-state index contributed by atoms with van der Waals surface area (Å²) in [4.78, 5) is 12.0. The molecule has 8 heteroatoms. The molecule has 1 atom stereocenters. The number of amides is 1. The molecule has 0 saturated heterocycles. The van der Waals surface area contributed by atoms with Crippen molar-refractivity contribution in [2.45, 2.75) is 19.5 Å². The van der Waals surface area contributed by atoms with E-state index in [0.29, 0.717) is 5.75 Å². The Morgan fingerprint density at radius 3 is 2.30 bits per heavy atom. The maximum Gasteiger partial charge on any atom is 0.258 e. The molecule has 0 saturated carbocycles. The SMILES string of the molecule is C[C@H](NC(=O)COc1ccc(CN(C)S(C)(=O)=O)cc1)c1ccc(F)cc1. The zero-order chi connectivity index (χ0) is 20.0. The van der Waals surface area contributed by atoms with Gasteiger partial charge in [-0.05, 0) is 42.3 Å². The summed E-state index contributed by atoms with van der Waals surface area (Å²) >= 11 is 0. The van der Waals surface area contributed by atoms with Gasteiger partial charge < -0.3 is 10.1 Å². The highest BCUT2D eigenvalue weighted by molar-refractivity contribution is 7.88. The van der Waals surface area contributed by atoms with Gasteiger partial charge in [0.25, 0.3) is 5.91 Å². The summed E-state index contributed by atoms with van der Waals surface area (Å²) in [7, 11) is -1.73. The third kappa shape index (κ3) is 6.65. The topological polar surface area (TPSA) is 75.7 Å². The lowest BCUT2D eigenvalue weighted by atomic mass is 10.1. The maximum absolute atomic E-state index is 12.9. The van der Waals surface area contributed by atoms with Crippen LogP contribution in [0.3, 0.4) is 0 Å². The third-order valence-corrected chi connectivity index (χ3v) is 5.27. The van der Waals surface area contributed by atoms with Gasteiger partial charge in [0.05, 0.1) is 12.3 Å². The van der Waals surface area contributed by atoms with Gasteiger partial charge in [0, 0.05) is 13.6 Å². The summed E-state index contributed by atoms with van der Waals surface area (Å²) in [5.74, 6) is -0.121. The minimum absolute atomic E-state index is 0.159. The van der Waals surface area contributed by atoms with E-state index in [1.807, 2.05) is 0 Å². The van der Waals surface area contributed by atoms with E-state index in [9.17, 15) is 17.6 Å². The number of benzene rings is 2. The number of nitrogens with one attached hydrogen (secondary N) is 1. The van der Waals surface area contributed by atoms with Crippen molar-refractivity contribution in [3.8, 4) is 5.75 Å². The molecular weight excluding hydrogens is 371 g/mol. The van der Waals surface area contributed by atoms with Crippen molar-refractivity contribution in [1.29, 1.82) is 0 Å². The molecule has 0 heterocycles. The second-order valence-corrected chi connectivity index (χ2v) is 8.38. The number of carbonyl (C=O) groups excluding carboxylic acids is 1. The molecule has 1 amide bonds. The van der Waals surface area contributed by atoms with Crippen LogP contribution in [-0.2, 0) is 21.4 Å².